The molecule has 0 heterocycles. The van der Waals surface area contributed by atoms with Gasteiger partial charge in [0.25, 0.3) is 5.69 Å². The van der Waals surface area contributed by atoms with Gasteiger partial charge in [-0.15, -0.1) is 0 Å². The van der Waals surface area contributed by atoms with Gasteiger partial charge in [-0.05, 0) is 24.5 Å². The van der Waals surface area contributed by atoms with Gasteiger partial charge in [0.05, 0.1) is 17.1 Å². The predicted molar refractivity (Wildman–Crippen MR) is 75.2 cm³/mol. The number of aldehydes is 1. The summed E-state index contributed by atoms with van der Waals surface area (Å²) in [6.07, 6.45) is 7.98. The van der Waals surface area contributed by atoms with Crippen molar-refractivity contribution in [1.29, 1.82) is 0 Å². The van der Waals surface area contributed by atoms with Gasteiger partial charge in [0, 0.05) is 6.07 Å². The second kappa shape index (κ2) is 7.03. The second-order valence-corrected chi connectivity index (χ2v) is 5.24. The molecule has 1 fully saturated rings. The Hall–Kier alpha value is -1.91. The topological polar surface area (TPSA) is 69.4 Å². The van der Waals surface area contributed by atoms with E-state index in [-0.39, 0.29) is 11.3 Å². The van der Waals surface area contributed by atoms with Crippen LogP contribution in [0.4, 0.5) is 5.69 Å². The molecular formula is C15H19NO4. The molecular weight excluding hydrogens is 258 g/mol. The minimum absolute atomic E-state index is 0.0603. The molecule has 5 heteroatoms. The van der Waals surface area contributed by atoms with Crippen molar-refractivity contribution in [2.24, 2.45) is 5.92 Å². The summed E-state index contributed by atoms with van der Waals surface area (Å²) < 4.78 is 5.60. The molecule has 1 aliphatic carbocycles. The fourth-order valence-corrected chi connectivity index (χ4v) is 2.70. The van der Waals surface area contributed by atoms with E-state index in [1.54, 1.807) is 6.07 Å². The largest absolute Gasteiger partial charge is 0.494 e. The summed E-state index contributed by atoms with van der Waals surface area (Å²) in [6.45, 7) is 0.598. The molecule has 20 heavy (non-hydrogen) atoms. The molecule has 0 radical (unpaired) electrons. The van der Waals surface area contributed by atoms with Crippen LogP contribution in [0.5, 0.6) is 5.75 Å². The van der Waals surface area contributed by atoms with E-state index in [0.29, 0.717) is 18.6 Å². The molecule has 0 atom stereocenters. The van der Waals surface area contributed by atoms with Crippen LogP contribution >= 0.6 is 0 Å². The Kier molecular flexibility index (Phi) is 5.09. The third-order valence-corrected chi connectivity index (χ3v) is 3.84. The van der Waals surface area contributed by atoms with Crippen LogP contribution in [-0.2, 0) is 0 Å². The molecule has 1 aromatic rings. The van der Waals surface area contributed by atoms with E-state index in [4.69, 9.17) is 4.74 Å². The third-order valence-electron chi connectivity index (χ3n) is 3.84. The zero-order valence-electron chi connectivity index (χ0n) is 11.4. The van der Waals surface area contributed by atoms with E-state index < -0.39 is 4.92 Å². The molecule has 0 aliphatic heterocycles. The standard InChI is InChI=1S/C15H19NO4/c17-11-13-10-14(6-7-15(13)16(18)19)20-9-8-12-4-2-1-3-5-12/h6-7,10-12H,1-5,8-9H2. The average molecular weight is 277 g/mol. The molecule has 0 amide bonds. The van der Waals surface area contributed by atoms with E-state index in [0.717, 1.165) is 12.3 Å². The Morgan fingerprint density at radius 2 is 2.05 bits per heavy atom. The minimum Gasteiger partial charge on any atom is -0.494 e. The van der Waals surface area contributed by atoms with E-state index >= 15 is 0 Å². The minimum atomic E-state index is -0.560. The quantitative estimate of drug-likeness (QED) is 0.451. The summed E-state index contributed by atoms with van der Waals surface area (Å²) in [4.78, 5) is 21.0. The van der Waals surface area contributed by atoms with Gasteiger partial charge in [-0.25, -0.2) is 0 Å². The van der Waals surface area contributed by atoms with Crippen molar-refractivity contribution in [1.82, 2.24) is 0 Å². The van der Waals surface area contributed by atoms with Gasteiger partial charge in [0.1, 0.15) is 5.75 Å². The first-order chi connectivity index (χ1) is 9.70. The van der Waals surface area contributed by atoms with Crippen LogP contribution in [0.3, 0.4) is 0 Å². The lowest BCUT2D eigenvalue weighted by Gasteiger charge is -2.21. The van der Waals surface area contributed by atoms with Crippen LogP contribution in [0.1, 0.15) is 48.9 Å². The van der Waals surface area contributed by atoms with Crippen LogP contribution in [-0.4, -0.2) is 17.8 Å². The van der Waals surface area contributed by atoms with Crippen molar-refractivity contribution in [3.63, 3.8) is 0 Å². The van der Waals surface area contributed by atoms with Gasteiger partial charge in [0.15, 0.2) is 6.29 Å². The lowest BCUT2D eigenvalue weighted by atomic mass is 9.87. The highest BCUT2D eigenvalue weighted by Gasteiger charge is 2.15. The number of hydrogen-bond acceptors (Lipinski definition) is 4. The zero-order valence-corrected chi connectivity index (χ0v) is 11.4. The number of nitro benzene ring substituents is 1. The summed E-state index contributed by atoms with van der Waals surface area (Å²) in [5.41, 5.74) is -0.121. The Bertz CT molecular complexity index is 481. The highest BCUT2D eigenvalue weighted by molar-refractivity contribution is 5.82. The molecule has 2 rings (SSSR count). The number of rotatable bonds is 6. The molecule has 0 saturated heterocycles. The maximum atomic E-state index is 10.8. The van der Waals surface area contributed by atoms with Crippen molar-refractivity contribution in [3.8, 4) is 5.75 Å². The Morgan fingerprint density at radius 1 is 1.30 bits per heavy atom. The summed E-state index contributed by atoms with van der Waals surface area (Å²) in [5, 5.41) is 10.7. The molecule has 0 unspecified atom stereocenters. The number of benzene rings is 1. The normalized spacial score (nSPS) is 15.8. The van der Waals surface area contributed by atoms with Gasteiger partial charge in [-0.2, -0.15) is 0 Å². The van der Waals surface area contributed by atoms with E-state index in [1.165, 1.54) is 44.2 Å². The van der Waals surface area contributed by atoms with Crippen LogP contribution < -0.4 is 4.74 Å². The first-order valence-electron chi connectivity index (χ1n) is 7.07. The fourth-order valence-electron chi connectivity index (χ4n) is 2.70. The van der Waals surface area contributed by atoms with Crippen molar-refractivity contribution >= 4 is 12.0 Å². The Labute approximate surface area is 118 Å². The van der Waals surface area contributed by atoms with Gasteiger partial charge in [-0.1, -0.05) is 32.1 Å². The molecule has 1 aliphatic rings. The Morgan fingerprint density at radius 3 is 2.70 bits per heavy atom. The van der Waals surface area contributed by atoms with E-state index in [9.17, 15) is 14.9 Å². The van der Waals surface area contributed by atoms with Crippen LogP contribution in [0.25, 0.3) is 0 Å². The smallest absolute Gasteiger partial charge is 0.280 e. The van der Waals surface area contributed by atoms with Gasteiger partial charge < -0.3 is 4.74 Å². The van der Waals surface area contributed by atoms with Crippen molar-refractivity contribution in [2.45, 2.75) is 38.5 Å². The number of carbonyl (C=O) groups excluding carboxylic acids is 1. The van der Waals surface area contributed by atoms with Gasteiger partial charge in [-0.3, -0.25) is 14.9 Å². The maximum Gasteiger partial charge on any atom is 0.280 e. The molecule has 5 nitrogen and oxygen atoms in total. The van der Waals surface area contributed by atoms with Crippen LogP contribution in [0.2, 0.25) is 0 Å². The van der Waals surface area contributed by atoms with Crippen molar-refractivity contribution in [2.75, 3.05) is 6.61 Å². The van der Waals surface area contributed by atoms with E-state index in [1.807, 2.05) is 0 Å². The lowest BCUT2D eigenvalue weighted by Crippen LogP contribution is -2.10. The SMILES string of the molecule is O=Cc1cc(OCCC2CCCCC2)ccc1[N+](=O)[O-]. The first kappa shape index (κ1) is 14.5. The number of ether oxygens (including phenoxy) is 1. The molecule has 1 aromatic carbocycles. The summed E-state index contributed by atoms with van der Waals surface area (Å²) in [6, 6.07) is 4.30. The summed E-state index contributed by atoms with van der Waals surface area (Å²) >= 11 is 0. The van der Waals surface area contributed by atoms with Crippen LogP contribution in [0, 0.1) is 16.0 Å². The second-order valence-electron chi connectivity index (χ2n) is 5.24. The number of nitrogens with zero attached hydrogens (tertiary/aromatic N) is 1. The summed E-state index contributed by atoms with van der Waals surface area (Å²) in [5.74, 6) is 1.25. The lowest BCUT2D eigenvalue weighted by molar-refractivity contribution is -0.385. The monoisotopic (exact) mass is 277 g/mol. The van der Waals surface area contributed by atoms with Crippen LogP contribution in [0.15, 0.2) is 18.2 Å². The molecule has 0 N–H and O–H groups in total. The van der Waals surface area contributed by atoms with Crippen molar-refractivity contribution in [3.05, 3.63) is 33.9 Å². The van der Waals surface area contributed by atoms with E-state index in [2.05, 4.69) is 0 Å². The first-order valence-corrected chi connectivity index (χ1v) is 7.07. The predicted octanol–water partition coefficient (Wildman–Crippen LogP) is 3.76. The highest BCUT2D eigenvalue weighted by Crippen LogP contribution is 2.27. The molecule has 0 spiro atoms. The van der Waals surface area contributed by atoms with Crippen molar-refractivity contribution < 1.29 is 14.5 Å². The Balaban J connectivity index is 1.89. The average Bonchev–Trinajstić information content (AvgIpc) is 2.48. The number of carbonyl (C=O) groups is 1. The molecule has 0 bridgehead atoms. The number of nitro groups is 1. The molecule has 1 saturated carbocycles. The fraction of sp³-hybridized carbons (Fsp3) is 0.533. The zero-order chi connectivity index (χ0) is 14.4. The summed E-state index contributed by atoms with van der Waals surface area (Å²) in [7, 11) is 0. The van der Waals surface area contributed by atoms with Gasteiger partial charge >= 0.3 is 0 Å². The van der Waals surface area contributed by atoms with Gasteiger partial charge in [0.2, 0.25) is 0 Å². The maximum absolute atomic E-state index is 10.8. The number of hydrogen-bond donors (Lipinski definition) is 0. The molecule has 108 valence electrons. The highest BCUT2D eigenvalue weighted by atomic mass is 16.6. The third kappa shape index (κ3) is 3.79. The molecule has 0 aromatic heterocycles.